The molecule has 16 heavy (non-hydrogen) atoms. The van der Waals surface area contributed by atoms with E-state index in [0.29, 0.717) is 18.8 Å². The van der Waals surface area contributed by atoms with Gasteiger partial charge < -0.3 is 4.90 Å². The third-order valence-electron chi connectivity index (χ3n) is 3.40. The van der Waals surface area contributed by atoms with Gasteiger partial charge >= 0.3 is 0 Å². The minimum absolute atomic E-state index is 0.00432. The molecule has 0 aliphatic heterocycles. The zero-order valence-electron chi connectivity index (χ0n) is 11.4. The molecule has 0 saturated heterocycles. The largest absolute Gasteiger partial charge is 0.342 e. The Morgan fingerprint density at radius 3 is 2.25 bits per heavy atom. The Labute approximate surface area is 99.4 Å². The Bertz CT molecular complexity index is 273. The highest BCUT2D eigenvalue weighted by Gasteiger charge is 2.25. The van der Waals surface area contributed by atoms with Crippen LogP contribution in [-0.4, -0.2) is 23.9 Å². The zero-order chi connectivity index (χ0) is 12.9. The van der Waals surface area contributed by atoms with E-state index in [9.17, 15) is 4.79 Å². The lowest BCUT2D eigenvalue weighted by atomic mass is 9.80. The predicted molar refractivity (Wildman–Crippen MR) is 65.7 cm³/mol. The van der Waals surface area contributed by atoms with Crippen LogP contribution in [0, 0.1) is 22.7 Å². The van der Waals surface area contributed by atoms with E-state index >= 15 is 0 Å². The Balaban J connectivity index is 4.32. The van der Waals surface area contributed by atoms with Gasteiger partial charge in [0, 0.05) is 19.5 Å². The summed E-state index contributed by atoms with van der Waals surface area (Å²) in [7, 11) is 1.78. The first-order chi connectivity index (χ1) is 7.20. The first kappa shape index (κ1) is 15.0. The summed E-state index contributed by atoms with van der Waals surface area (Å²) in [6.07, 6.45) is 0.946. The SMILES string of the molecule is CC(CC#N)N(C)C(=O)CC(C)C(C)(C)C. The molecule has 0 saturated carbocycles. The van der Waals surface area contributed by atoms with Gasteiger partial charge in [0.15, 0.2) is 0 Å². The molecule has 0 heterocycles. The quantitative estimate of drug-likeness (QED) is 0.737. The Hall–Kier alpha value is -1.04. The molecule has 0 bridgehead atoms. The summed E-state index contributed by atoms with van der Waals surface area (Å²) in [5.74, 6) is 0.474. The summed E-state index contributed by atoms with van der Waals surface area (Å²) in [6, 6.07) is 2.10. The maximum Gasteiger partial charge on any atom is 0.222 e. The number of nitrogens with zero attached hydrogens (tertiary/aromatic N) is 2. The summed E-state index contributed by atoms with van der Waals surface area (Å²) in [4.78, 5) is 13.6. The molecule has 0 radical (unpaired) electrons. The predicted octanol–water partition coefficient (Wildman–Crippen LogP) is 2.82. The Morgan fingerprint density at radius 1 is 1.38 bits per heavy atom. The number of amides is 1. The smallest absolute Gasteiger partial charge is 0.222 e. The van der Waals surface area contributed by atoms with E-state index in [1.165, 1.54) is 0 Å². The van der Waals surface area contributed by atoms with Crippen LogP contribution in [0.4, 0.5) is 0 Å². The van der Waals surface area contributed by atoms with Crippen LogP contribution in [0.15, 0.2) is 0 Å². The van der Waals surface area contributed by atoms with Crippen molar-refractivity contribution in [1.29, 1.82) is 5.26 Å². The summed E-state index contributed by atoms with van der Waals surface area (Å²) in [6.45, 7) is 10.4. The number of hydrogen-bond acceptors (Lipinski definition) is 2. The standard InChI is InChI=1S/C13H24N2O/c1-10(13(3,4)5)9-12(16)15(6)11(2)7-8-14/h10-11H,7,9H2,1-6H3. The van der Waals surface area contributed by atoms with Gasteiger partial charge in [-0.3, -0.25) is 4.79 Å². The maximum atomic E-state index is 11.9. The van der Waals surface area contributed by atoms with Crippen molar-refractivity contribution in [3.05, 3.63) is 0 Å². The van der Waals surface area contributed by atoms with Crippen molar-refractivity contribution in [3.63, 3.8) is 0 Å². The monoisotopic (exact) mass is 224 g/mol. The van der Waals surface area contributed by atoms with Gasteiger partial charge in [-0.2, -0.15) is 5.26 Å². The van der Waals surface area contributed by atoms with E-state index in [2.05, 4.69) is 33.8 Å². The van der Waals surface area contributed by atoms with Gasteiger partial charge in [0.25, 0.3) is 0 Å². The lowest BCUT2D eigenvalue weighted by molar-refractivity contribution is -0.133. The van der Waals surface area contributed by atoms with Gasteiger partial charge in [-0.25, -0.2) is 0 Å². The summed E-state index contributed by atoms with van der Waals surface area (Å²) in [5, 5.41) is 8.59. The highest BCUT2D eigenvalue weighted by molar-refractivity contribution is 5.76. The number of nitriles is 1. The lowest BCUT2D eigenvalue weighted by Crippen LogP contribution is -2.37. The van der Waals surface area contributed by atoms with E-state index in [1.807, 2.05) is 6.92 Å². The molecule has 0 aromatic heterocycles. The lowest BCUT2D eigenvalue weighted by Gasteiger charge is -2.30. The van der Waals surface area contributed by atoms with Gasteiger partial charge in [-0.15, -0.1) is 0 Å². The molecule has 92 valence electrons. The molecular weight excluding hydrogens is 200 g/mol. The van der Waals surface area contributed by atoms with Crippen molar-refractivity contribution < 1.29 is 4.79 Å². The highest BCUT2D eigenvalue weighted by atomic mass is 16.2. The molecule has 0 N–H and O–H groups in total. The molecule has 0 aliphatic rings. The molecule has 0 rings (SSSR count). The first-order valence-electron chi connectivity index (χ1n) is 5.82. The van der Waals surface area contributed by atoms with Crippen LogP contribution in [-0.2, 0) is 4.79 Å². The first-order valence-corrected chi connectivity index (χ1v) is 5.82. The second-order valence-corrected chi connectivity index (χ2v) is 5.69. The van der Waals surface area contributed by atoms with Crippen LogP contribution in [0.5, 0.6) is 0 Å². The highest BCUT2D eigenvalue weighted by Crippen LogP contribution is 2.28. The molecule has 1 amide bonds. The molecule has 3 nitrogen and oxygen atoms in total. The second-order valence-electron chi connectivity index (χ2n) is 5.69. The van der Waals surface area contributed by atoms with Gasteiger partial charge in [0.2, 0.25) is 5.91 Å². The number of carbonyl (C=O) groups is 1. The number of carbonyl (C=O) groups excluding carboxylic acids is 1. The second kappa shape index (κ2) is 5.89. The van der Waals surface area contributed by atoms with Gasteiger partial charge in [0.1, 0.15) is 0 Å². The van der Waals surface area contributed by atoms with Crippen LogP contribution < -0.4 is 0 Å². The van der Waals surface area contributed by atoms with Crippen molar-refractivity contribution in [2.45, 2.75) is 53.5 Å². The van der Waals surface area contributed by atoms with Gasteiger partial charge in [-0.05, 0) is 18.3 Å². The molecule has 3 heteroatoms. The molecule has 0 spiro atoms. The molecule has 0 aromatic rings. The molecule has 0 aliphatic carbocycles. The van der Waals surface area contributed by atoms with E-state index < -0.39 is 0 Å². The Morgan fingerprint density at radius 2 is 1.88 bits per heavy atom. The van der Waals surface area contributed by atoms with E-state index in [4.69, 9.17) is 5.26 Å². The maximum absolute atomic E-state index is 11.9. The van der Waals surface area contributed by atoms with Crippen molar-refractivity contribution in [3.8, 4) is 6.07 Å². The molecule has 0 aromatic carbocycles. The molecule has 2 atom stereocenters. The van der Waals surface area contributed by atoms with Crippen LogP contribution in [0.25, 0.3) is 0 Å². The van der Waals surface area contributed by atoms with E-state index in [1.54, 1.807) is 11.9 Å². The zero-order valence-corrected chi connectivity index (χ0v) is 11.4. The van der Waals surface area contributed by atoms with E-state index in [-0.39, 0.29) is 17.4 Å². The van der Waals surface area contributed by atoms with Crippen LogP contribution in [0.3, 0.4) is 0 Å². The third-order valence-corrected chi connectivity index (χ3v) is 3.40. The minimum Gasteiger partial charge on any atom is -0.342 e. The molecule has 2 unspecified atom stereocenters. The summed E-state index contributed by atoms with van der Waals surface area (Å²) in [5.41, 5.74) is 0.148. The normalized spacial score (nSPS) is 15.1. The Kier molecular flexibility index (Phi) is 5.50. The number of rotatable bonds is 4. The molecule has 0 fully saturated rings. The van der Waals surface area contributed by atoms with Crippen molar-refractivity contribution in [1.82, 2.24) is 4.90 Å². The average Bonchev–Trinajstić information content (AvgIpc) is 2.15. The van der Waals surface area contributed by atoms with E-state index in [0.717, 1.165) is 0 Å². The van der Waals surface area contributed by atoms with Crippen molar-refractivity contribution in [2.75, 3.05) is 7.05 Å². The number of hydrogen-bond donors (Lipinski definition) is 0. The fraction of sp³-hybridized carbons (Fsp3) is 0.846. The van der Waals surface area contributed by atoms with Crippen LogP contribution in [0.1, 0.15) is 47.5 Å². The van der Waals surface area contributed by atoms with Crippen LogP contribution >= 0.6 is 0 Å². The summed E-state index contributed by atoms with van der Waals surface area (Å²) >= 11 is 0. The van der Waals surface area contributed by atoms with Crippen LogP contribution in [0.2, 0.25) is 0 Å². The fourth-order valence-corrected chi connectivity index (χ4v) is 1.23. The third kappa shape index (κ3) is 4.65. The minimum atomic E-state index is 0.00432. The van der Waals surface area contributed by atoms with Gasteiger partial charge in [-0.1, -0.05) is 27.7 Å². The van der Waals surface area contributed by atoms with Gasteiger partial charge in [0.05, 0.1) is 12.5 Å². The average molecular weight is 224 g/mol. The fourth-order valence-electron chi connectivity index (χ4n) is 1.23. The topological polar surface area (TPSA) is 44.1 Å². The summed E-state index contributed by atoms with van der Waals surface area (Å²) < 4.78 is 0. The van der Waals surface area contributed by atoms with Crippen molar-refractivity contribution >= 4 is 5.91 Å². The molecular formula is C13H24N2O. The van der Waals surface area contributed by atoms with Crippen molar-refractivity contribution in [2.24, 2.45) is 11.3 Å².